The molecule has 0 radical (unpaired) electrons. The van der Waals surface area contributed by atoms with Gasteiger partial charge in [-0.3, -0.25) is 4.79 Å². The Labute approximate surface area is 179 Å². The number of aromatic amines is 1. The lowest BCUT2D eigenvalue weighted by Gasteiger charge is -2.16. The Bertz CT molecular complexity index is 1440. The van der Waals surface area contributed by atoms with Gasteiger partial charge in [0, 0.05) is 5.56 Å². The predicted molar refractivity (Wildman–Crippen MR) is 115 cm³/mol. The number of hydrogen-bond donors (Lipinski definition) is 4. The second-order valence-electron chi connectivity index (χ2n) is 6.92. The summed E-state index contributed by atoms with van der Waals surface area (Å²) in [6.45, 7) is 1.67. The zero-order chi connectivity index (χ0) is 23.0. The number of rotatable bonds is 4. The molecular formula is C21H16F2N8O. The molecule has 9 nitrogen and oxygen atoms in total. The number of H-pyrrole nitrogens is 1. The van der Waals surface area contributed by atoms with E-state index in [0.29, 0.717) is 0 Å². The summed E-state index contributed by atoms with van der Waals surface area (Å²) in [5.74, 6) is -1.53. The van der Waals surface area contributed by atoms with E-state index in [1.54, 1.807) is 19.1 Å². The van der Waals surface area contributed by atoms with Crippen LogP contribution in [0.1, 0.15) is 24.4 Å². The zero-order valence-electron chi connectivity index (χ0n) is 16.6. The molecule has 160 valence electrons. The number of nitrogens with two attached hydrogens (primary N) is 2. The molecule has 0 saturated heterocycles. The van der Waals surface area contributed by atoms with E-state index in [1.165, 1.54) is 12.1 Å². The van der Waals surface area contributed by atoms with E-state index in [1.807, 2.05) is 6.07 Å². The van der Waals surface area contributed by atoms with Gasteiger partial charge in [-0.2, -0.15) is 15.2 Å². The Hall–Kier alpha value is -4.59. The van der Waals surface area contributed by atoms with Gasteiger partial charge in [-0.15, -0.1) is 0 Å². The standard InChI is InChI=1S/C21H16F2N8O/c1-9(27-19-11(8-24)17(25)29-21(26)31-19)18-28-14-7-2-4-10(16(14)20(32)30-18)15-12(22)5-3-6-13(15)23/h2-7,9H,1H3,(H,28,30,32)(H5,25,26,27,29,31). The lowest BCUT2D eigenvalue weighted by Crippen LogP contribution is -2.20. The van der Waals surface area contributed by atoms with Crippen molar-refractivity contribution in [3.63, 3.8) is 0 Å². The number of benzene rings is 2. The van der Waals surface area contributed by atoms with Crippen LogP contribution >= 0.6 is 0 Å². The average Bonchev–Trinajstić information content (AvgIpc) is 2.73. The zero-order valence-corrected chi connectivity index (χ0v) is 16.6. The number of nitrogen functional groups attached to an aromatic ring is 2. The van der Waals surface area contributed by atoms with E-state index < -0.39 is 23.2 Å². The lowest BCUT2D eigenvalue weighted by molar-refractivity contribution is 0.590. The summed E-state index contributed by atoms with van der Waals surface area (Å²) in [6, 6.07) is 9.30. The fourth-order valence-electron chi connectivity index (χ4n) is 3.36. The molecule has 0 spiro atoms. The van der Waals surface area contributed by atoms with Crippen molar-refractivity contribution < 1.29 is 8.78 Å². The first-order chi connectivity index (χ1) is 15.3. The van der Waals surface area contributed by atoms with Crippen molar-refractivity contribution in [1.82, 2.24) is 19.9 Å². The van der Waals surface area contributed by atoms with Crippen LogP contribution in [-0.2, 0) is 0 Å². The molecule has 0 aliphatic carbocycles. The van der Waals surface area contributed by atoms with Crippen LogP contribution in [0.4, 0.5) is 26.4 Å². The second-order valence-corrected chi connectivity index (χ2v) is 6.92. The smallest absolute Gasteiger partial charge is 0.259 e. The molecule has 4 rings (SSSR count). The Kier molecular flexibility index (Phi) is 5.11. The Morgan fingerprint density at radius 1 is 1.09 bits per heavy atom. The van der Waals surface area contributed by atoms with Crippen molar-refractivity contribution in [2.45, 2.75) is 13.0 Å². The number of halogens is 2. The average molecular weight is 434 g/mol. The maximum absolute atomic E-state index is 14.3. The van der Waals surface area contributed by atoms with Gasteiger partial charge in [-0.25, -0.2) is 13.8 Å². The Balaban J connectivity index is 1.81. The summed E-state index contributed by atoms with van der Waals surface area (Å²) >= 11 is 0. The van der Waals surface area contributed by atoms with Gasteiger partial charge in [0.15, 0.2) is 5.82 Å². The number of fused-ring (bicyclic) bond motifs is 1. The van der Waals surface area contributed by atoms with Crippen LogP contribution < -0.4 is 22.3 Å². The van der Waals surface area contributed by atoms with E-state index >= 15 is 0 Å². The first-order valence-electron chi connectivity index (χ1n) is 9.37. The van der Waals surface area contributed by atoms with E-state index in [9.17, 15) is 18.8 Å². The molecule has 0 aliphatic heterocycles. The van der Waals surface area contributed by atoms with Crippen molar-refractivity contribution in [1.29, 1.82) is 5.26 Å². The van der Waals surface area contributed by atoms with Crippen molar-refractivity contribution >= 4 is 28.5 Å². The van der Waals surface area contributed by atoms with Crippen LogP contribution in [0.3, 0.4) is 0 Å². The van der Waals surface area contributed by atoms with Gasteiger partial charge in [0.1, 0.15) is 34.9 Å². The molecule has 0 fully saturated rings. The van der Waals surface area contributed by atoms with E-state index in [2.05, 4.69) is 25.3 Å². The molecule has 0 aliphatic rings. The van der Waals surface area contributed by atoms with E-state index in [4.69, 9.17) is 11.5 Å². The number of nitrogens with zero attached hydrogens (tertiary/aromatic N) is 4. The second kappa shape index (κ2) is 7.92. The predicted octanol–water partition coefficient (Wildman–Crippen LogP) is 2.87. The summed E-state index contributed by atoms with van der Waals surface area (Å²) in [5.41, 5.74) is 10.7. The quantitative estimate of drug-likeness (QED) is 0.381. The highest BCUT2D eigenvalue weighted by molar-refractivity contribution is 5.94. The number of nitriles is 1. The SMILES string of the molecule is CC(Nc1nc(N)nc(N)c1C#N)c1nc2cccc(-c3c(F)cccc3F)c2c(=O)[nH]1. The van der Waals surface area contributed by atoms with Gasteiger partial charge < -0.3 is 21.8 Å². The molecule has 1 atom stereocenters. The molecule has 6 N–H and O–H groups in total. The number of hydrogen-bond acceptors (Lipinski definition) is 8. The third-order valence-corrected chi connectivity index (χ3v) is 4.81. The summed E-state index contributed by atoms with van der Waals surface area (Å²) in [6.07, 6.45) is 0. The third kappa shape index (κ3) is 3.54. The first kappa shape index (κ1) is 20.7. The van der Waals surface area contributed by atoms with Crippen LogP contribution in [0, 0.1) is 23.0 Å². The van der Waals surface area contributed by atoms with Gasteiger partial charge in [0.2, 0.25) is 5.95 Å². The fraction of sp³-hybridized carbons (Fsp3) is 0.0952. The highest BCUT2D eigenvalue weighted by atomic mass is 19.1. The van der Waals surface area contributed by atoms with Gasteiger partial charge in [0.05, 0.1) is 22.5 Å². The van der Waals surface area contributed by atoms with Gasteiger partial charge in [-0.05, 0) is 25.1 Å². The molecular weight excluding hydrogens is 418 g/mol. The topological polar surface area (TPSA) is 159 Å². The normalized spacial score (nSPS) is 11.8. The summed E-state index contributed by atoms with van der Waals surface area (Å²) < 4.78 is 28.7. The van der Waals surface area contributed by atoms with Crippen LogP contribution in [-0.4, -0.2) is 19.9 Å². The molecule has 1 unspecified atom stereocenters. The van der Waals surface area contributed by atoms with Gasteiger partial charge in [-0.1, -0.05) is 18.2 Å². The summed E-state index contributed by atoms with van der Waals surface area (Å²) in [7, 11) is 0. The highest BCUT2D eigenvalue weighted by Crippen LogP contribution is 2.30. The van der Waals surface area contributed by atoms with Crippen molar-refractivity contribution in [2.75, 3.05) is 16.8 Å². The van der Waals surface area contributed by atoms with Crippen LogP contribution in [0.15, 0.2) is 41.2 Å². The monoisotopic (exact) mass is 434 g/mol. The highest BCUT2D eigenvalue weighted by Gasteiger charge is 2.20. The minimum atomic E-state index is -0.793. The van der Waals surface area contributed by atoms with Gasteiger partial charge >= 0.3 is 0 Å². The van der Waals surface area contributed by atoms with Crippen molar-refractivity contribution in [3.8, 4) is 17.2 Å². The summed E-state index contributed by atoms with van der Waals surface area (Å²) in [4.78, 5) is 27.7. The Morgan fingerprint density at radius 2 is 1.78 bits per heavy atom. The fourth-order valence-corrected chi connectivity index (χ4v) is 3.36. The van der Waals surface area contributed by atoms with E-state index in [-0.39, 0.29) is 51.0 Å². The molecule has 32 heavy (non-hydrogen) atoms. The molecule has 2 aromatic carbocycles. The maximum Gasteiger partial charge on any atom is 0.259 e. The molecule has 4 aromatic rings. The maximum atomic E-state index is 14.3. The van der Waals surface area contributed by atoms with Gasteiger partial charge in [0.25, 0.3) is 5.56 Å². The third-order valence-electron chi connectivity index (χ3n) is 4.81. The first-order valence-corrected chi connectivity index (χ1v) is 9.37. The minimum absolute atomic E-state index is 0.00787. The van der Waals surface area contributed by atoms with Crippen molar-refractivity contribution in [2.24, 2.45) is 0 Å². The van der Waals surface area contributed by atoms with Crippen molar-refractivity contribution in [3.05, 3.63) is 69.8 Å². The molecule has 11 heteroatoms. The Morgan fingerprint density at radius 3 is 2.47 bits per heavy atom. The number of nitrogens with one attached hydrogen (secondary N) is 2. The summed E-state index contributed by atoms with van der Waals surface area (Å²) in [5, 5.41) is 12.3. The number of anilines is 3. The minimum Gasteiger partial charge on any atom is -0.382 e. The van der Waals surface area contributed by atoms with Crippen LogP contribution in [0.25, 0.3) is 22.0 Å². The lowest BCUT2D eigenvalue weighted by atomic mass is 10.00. The molecule has 0 bridgehead atoms. The molecule has 0 amide bonds. The largest absolute Gasteiger partial charge is 0.382 e. The number of aromatic nitrogens is 4. The molecule has 2 heterocycles. The van der Waals surface area contributed by atoms with Crippen LogP contribution in [0.2, 0.25) is 0 Å². The van der Waals surface area contributed by atoms with Crippen LogP contribution in [0.5, 0.6) is 0 Å². The van der Waals surface area contributed by atoms with E-state index in [0.717, 1.165) is 12.1 Å². The molecule has 2 aromatic heterocycles. The molecule has 0 saturated carbocycles.